The molecule has 1 aromatic carbocycles. The van der Waals surface area contributed by atoms with Crippen LogP contribution in [0.15, 0.2) is 24.3 Å². The molecule has 0 radical (unpaired) electrons. The average molecular weight is 415 g/mol. The number of rotatable bonds is 10. The molecular formula is C27H42O3. The zero-order valence-electron chi connectivity index (χ0n) is 19.2. The fourth-order valence-electron chi connectivity index (χ4n) is 5.49. The van der Waals surface area contributed by atoms with E-state index in [2.05, 4.69) is 31.2 Å². The summed E-state index contributed by atoms with van der Waals surface area (Å²) >= 11 is 0. The van der Waals surface area contributed by atoms with Crippen LogP contribution < -0.4 is 0 Å². The molecular weight excluding hydrogens is 372 g/mol. The van der Waals surface area contributed by atoms with Crippen LogP contribution in [0.1, 0.15) is 102 Å². The van der Waals surface area contributed by atoms with Gasteiger partial charge in [-0.2, -0.15) is 0 Å². The van der Waals surface area contributed by atoms with Crippen molar-refractivity contribution in [2.75, 3.05) is 13.2 Å². The zero-order chi connectivity index (χ0) is 21.2. The Morgan fingerprint density at radius 1 is 0.867 bits per heavy atom. The Kier molecular flexibility index (Phi) is 9.71. The normalized spacial score (nSPS) is 27.0. The molecule has 2 fully saturated rings. The molecule has 3 heteroatoms. The van der Waals surface area contributed by atoms with Crippen LogP contribution in [-0.2, 0) is 20.7 Å². The number of hydrogen-bond donors (Lipinski definition) is 0. The first-order chi connectivity index (χ1) is 14.7. The second-order valence-corrected chi connectivity index (χ2v) is 9.56. The highest BCUT2D eigenvalue weighted by Crippen LogP contribution is 2.43. The fraction of sp³-hybridized carbons (Fsp3) is 0.741. The zero-order valence-corrected chi connectivity index (χ0v) is 19.2. The number of hydrogen-bond acceptors (Lipinski definition) is 3. The minimum absolute atomic E-state index is 0.186. The van der Waals surface area contributed by atoms with Crippen molar-refractivity contribution in [3.05, 3.63) is 35.4 Å². The van der Waals surface area contributed by atoms with Crippen LogP contribution in [0, 0.1) is 11.8 Å². The van der Waals surface area contributed by atoms with Crippen molar-refractivity contribution in [2.24, 2.45) is 11.8 Å². The van der Waals surface area contributed by atoms with Crippen LogP contribution in [0.2, 0.25) is 0 Å². The van der Waals surface area contributed by atoms with E-state index in [1.54, 1.807) is 0 Å². The lowest BCUT2D eigenvalue weighted by molar-refractivity contribution is -0.141. The number of ether oxygens (including phenoxy) is 2. The molecule has 0 heterocycles. The Morgan fingerprint density at radius 3 is 2.10 bits per heavy atom. The molecule has 0 saturated heterocycles. The van der Waals surface area contributed by atoms with Gasteiger partial charge in [0.05, 0.1) is 12.7 Å². The first kappa shape index (κ1) is 23.3. The van der Waals surface area contributed by atoms with Gasteiger partial charge >= 0.3 is 5.97 Å². The Morgan fingerprint density at radius 2 is 1.50 bits per heavy atom. The summed E-state index contributed by atoms with van der Waals surface area (Å²) in [6.45, 7) is 5.19. The molecule has 2 saturated carbocycles. The summed E-state index contributed by atoms with van der Waals surface area (Å²) in [5.74, 6) is 2.44. The number of unbranched alkanes of at least 4 members (excludes halogenated alkanes) is 1. The van der Waals surface area contributed by atoms with Gasteiger partial charge in [0, 0.05) is 13.5 Å². The van der Waals surface area contributed by atoms with Gasteiger partial charge in [-0.15, -0.1) is 0 Å². The summed E-state index contributed by atoms with van der Waals surface area (Å²) in [7, 11) is 0. The minimum Gasteiger partial charge on any atom is -0.466 e. The van der Waals surface area contributed by atoms with Crippen molar-refractivity contribution >= 4 is 5.97 Å². The minimum atomic E-state index is -0.186. The highest BCUT2D eigenvalue weighted by atomic mass is 16.5. The van der Waals surface area contributed by atoms with E-state index in [0.29, 0.717) is 12.7 Å². The van der Waals surface area contributed by atoms with Crippen LogP contribution in [-0.4, -0.2) is 25.3 Å². The van der Waals surface area contributed by atoms with Crippen molar-refractivity contribution in [1.29, 1.82) is 0 Å². The molecule has 168 valence electrons. The third-order valence-corrected chi connectivity index (χ3v) is 7.38. The maximum Gasteiger partial charge on any atom is 0.302 e. The SMILES string of the molecule is CCCCOC1CCC(C2CCC(c3ccc(CCCOC(C)=O)cc3)CC2)CC1. The molecule has 0 unspecified atom stereocenters. The number of aryl methyl sites for hydroxylation is 1. The predicted molar refractivity (Wildman–Crippen MR) is 123 cm³/mol. The highest BCUT2D eigenvalue weighted by Gasteiger charge is 2.31. The van der Waals surface area contributed by atoms with Gasteiger partial charge in [0.15, 0.2) is 0 Å². The Hall–Kier alpha value is -1.35. The van der Waals surface area contributed by atoms with Crippen molar-refractivity contribution < 1.29 is 14.3 Å². The lowest BCUT2D eigenvalue weighted by Gasteiger charge is -2.38. The second-order valence-electron chi connectivity index (χ2n) is 9.56. The molecule has 0 aromatic heterocycles. The van der Waals surface area contributed by atoms with E-state index in [1.807, 2.05) is 0 Å². The molecule has 2 aliphatic rings. The van der Waals surface area contributed by atoms with Crippen LogP contribution in [0.5, 0.6) is 0 Å². The molecule has 1 aromatic rings. The molecule has 0 atom stereocenters. The Balaban J connectivity index is 1.36. The van der Waals surface area contributed by atoms with Crippen LogP contribution in [0.25, 0.3) is 0 Å². The third-order valence-electron chi connectivity index (χ3n) is 7.38. The number of benzene rings is 1. The van der Waals surface area contributed by atoms with Gasteiger partial charge in [-0.05, 0) is 99.5 Å². The second kappa shape index (κ2) is 12.5. The topological polar surface area (TPSA) is 35.5 Å². The molecule has 0 spiro atoms. The van der Waals surface area contributed by atoms with Gasteiger partial charge in [0.1, 0.15) is 0 Å². The van der Waals surface area contributed by atoms with Crippen molar-refractivity contribution in [3.8, 4) is 0 Å². The lowest BCUT2D eigenvalue weighted by Crippen LogP contribution is -2.28. The van der Waals surface area contributed by atoms with Gasteiger partial charge in [0.2, 0.25) is 0 Å². The van der Waals surface area contributed by atoms with E-state index < -0.39 is 0 Å². The summed E-state index contributed by atoms with van der Waals surface area (Å²) < 4.78 is 11.1. The maximum absolute atomic E-state index is 10.8. The van der Waals surface area contributed by atoms with Gasteiger partial charge in [0.25, 0.3) is 0 Å². The largest absolute Gasteiger partial charge is 0.466 e. The van der Waals surface area contributed by atoms with E-state index in [4.69, 9.17) is 9.47 Å². The van der Waals surface area contributed by atoms with Gasteiger partial charge < -0.3 is 9.47 Å². The molecule has 3 rings (SSSR count). The third kappa shape index (κ3) is 7.41. The summed E-state index contributed by atoms with van der Waals surface area (Å²) in [6, 6.07) is 9.22. The highest BCUT2D eigenvalue weighted by molar-refractivity contribution is 5.65. The van der Waals surface area contributed by atoms with Gasteiger partial charge in [-0.1, -0.05) is 37.6 Å². The van der Waals surface area contributed by atoms with Crippen molar-refractivity contribution in [1.82, 2.24) is 0 Å². The molecule has 3 nitrogen and oxygen atoms in total. The van der Waals surface area contributed by atoms with Crippen LogP contribution in [0.3, 0.4) is 0 Å². The molecule has 0 amide bonds. The predicted octanol–water partition coefficient (Wildman–Crippen LogP) is 6.83. The first-order valence-corrected chi connectivity index (χ1v) is 12.5. The quantitative estimate of drug-likeness (QED) is 0.311. The van der Waals surface area contributed by atoms with E-state index >= 15 is 0 Å². The number of carbonyl (C=O) groups excluding carboxylic acids is 1. The summed E-state index contributed by atoms with van der Waals surface area (Å²) in [5, 5.41) is 0. The summed E-state index contributed by atoms with van der Waals surface area (Å²) in [6.07, 6.45) is 15.7. The van der Waals surface area contributed by atoms with Gasteiger partial charge in [-0.3, -0.25) is 4.79 Å². The molecule has 0 aliphatic heterocycles. The van der Waals surface area contributed by atoms with Crippen LogP contribution in [0.4, 0.5) is 0 Å². The summed E-state index contributed by atoms with van der Waals surface area (Å²) in [5.41, 5.74) is 2.86. The Labute approximate surface area is 183 Å². The molecule has 0 bridgehead atoms. The van der Waals surface area contributed by atoms with E-state index in [1.165, 1.54) is 82.3 Å². The molecule has 2 aliphatic carbocycles. The monoisotopic (exact) mass is 414 g/mol. The molecule has 30 heavy (non-hydrogen) atoms. The first-order valence-electron chi connectivity index (χ1n) is 12.5. The summed E-state index contributed by atoms with van der Waals surface area (Å²) in [4.78, 5) is 10.8. The van der Waals surface area contributed by atoms with E-state index in [9.17, 15) is 4.79 Å². The van der Waals surface area contributed by atoms with Gasteiger partial charge in [-0.25, -0.2) is 0 Å². The van der Waals surface area contributed by atoms with Crippen LogP contribution >= 0.6 is 0 Å². The van der Waals surface area contributed by atoms with Crippen molar-refractivity contribution in [2.45, 2.75) is 103 Å². The van der Waals surface area contributed by atoms with E-state index in [-0.39, 0.29) is 5.97 Å². The van der Waals surface area contributed by atoms with E-state index in [0.717, 1.165) is 37.2 Å². The standard InChI is InChI=1S/C27H42O3/c1-3-4-19-30-27-17-15-26(16-18-27)25-13-11-24(12-14-25)23-9-7-22(8-10-23)6-5-20-29-21(2)28/h7-10,24-27H,3-6,11-20H2,1-2H3. The average Bonchev–Trinajstić information content (AvgIpc) is 2.78. The number of carbonyl (C=O) groups is 1. The van der Waals surface area contributed by atoms with Crippen molar-refractivity contribution in [3.63, 3.8) is 0 Å². The number of esters is 1. The fourth-order valence-corrected chi connectivity index (χ4v) is 5.49. The molecule has 0 N–H and O–H groups in total. The smallest absolute Gasteiger partial charge is 0.302 e. The lowest BCUT2D eigenvalue weighted by atomic mass is 9.69. The maximum atomic E-state index is 10.8. The Bertz CT molecular complexity index is 608.